The first kappa shape index (κ1) is 31.4. The Labute approximate surface area is 270 Å². The quantitative estimate of drug-likeness (QED) is 0.128. The van der Waals surface area contributed by atoms with Gasteiger partial charge in [-0.3, -0.25) is 19.2 Å². The molecule has 1 heterocycles. The molecule has 9 nitrogen and oxygen atoms in total. The standard InChI is InChI=1S/C30H25Br2ClN2O7S/c1-17-2-12-22(13-3-17)43(40,41)42-21-10-6-18(7-11-21)27(36)16-34(28(37)19-4-8-20(33)9-5-19)35-29(38)23-14-25(31)26(32)15-24(23)30(35)39/h2-13,23-26H,14-16H2,1H3/t23-,24-,25+,26+/m1/s1. The molecular weight excluding hydrogens is 728 g/mol. The first-order valence-corrected chi connectivity index (χ1v) is 16.8. The highest BCUT2D eigenvalue weighted by Gasteiger charge is 2.54. The summed E-state index contributed by atoms with van der Waals surface area (Å²) < 4.78 is 30.5. The number of imide groups is 1. The first-order valence-electron chi connectivity index (χ1n) is 13.2. The molecule has 1 aliphatic heterocycles. The van der Waals surface area contributed by atoms with Gasteiger partial charge in [-0.25, -0.2) is 5.01 Å². The minimum atomic E-state index is -4.10. The van der Waals surface area contributed by atoms with Gasteiger partial charge in [-0.05, 0) is 80.4 Å². The van der Waals surface area contributed by atoms with Crippen LogP contribution in [0.5, 0.6) is 5.75 Å². The monoisotopic (exact) mass is 750 g/mol. The van der Waals surface area contributed by atoms with E-state index in [1.54, 1.807) is 12.1 Å². The molecule has 5 rings (SSSR count). The van der Waals surface area contributed by atoms with Gasteiger partial charge in [0, 0.05) is 25.8 Å². The van der Waals surface area contributed by atoms with Crippen LogP contribution in [0.1, 0.15) is 39.1 Å². The van der Waals surface area contributed by atoms with E-state index in [1.165, 1.54) is 60.7 Å². The summed E-state index contributed by atoms with van der Waals surface area (Å²) in [4.78, 5) is 54.1. The number of carbonyl (C=O) groups is 4. The third-order valence-corrected chi connectivity index (χ3v) is 11.7. The van der Waals surface area contributed by atoms with Crippen LogP contribution in [-0.2, 0) is 19.7 Å². The largest absolute Gasteiger partial charge is 0.379 e. The van der Waals surface area contributed by atoms with Crippen molar-refractivity contribution in [3.63, 3.8) is 0 Å². The van der Waals surface area contributed by atoms with E-state index in [9.17, 15) is 27.6 Å². The van der Waals surface area contributed by atoms with Crippen LogP contribution < -0.4 is 4.18 Å². The number of alkyl halides is 2. The molecule has 3 amide bonds. The number of aryl methyl sites for hydroxylation is 1. The van der Waals surface area contributed by atoms with Crippen LogP contribution >= 0.6 is 43.5 Å². The van der Waals surface area contributed by atoms with Crippen molar-refractivity contribution in [3.8, 4) is 5.75 Å². The maximum atomic E-state index is 13.7. The van der Waals surface area contributed by atoms with Gasteiger partial charge < -0.3 is 4.18 Å². The molecule has 0 radical (unpaired) electrons. The molecule has 0 N–H and O–H groups in total. The number of halogens is 3. The van der Waals surface area contributed by atoms with E-state index in [1.807, 2.05) is 6.92 Å². The summed E-state index contributed by atoms with van der Waals surface area (Å²) in [6, 6.07) is 17.4. The van der Waals surface area contributed by atoms with Crippen LogP contribution in [0.4, 0.5) is 0 Å². The summed E-state index contributed by atoms with van der Waals surface area (Å²) in [5, 5.41) is 2.07. The molecule has 0 unspecified atom stereocenters. The number of carbonyl (C=O) groups excluding carboxylic acids is 4. The molecule has 0 aromatic heterocycles. The molecule has 1 aliphatic carbocycles. The van der Waals surface area contributed by atoms with Crippen LogP contribution in [0.3, 0.4) is 0 Å². The number of hydrazine groups is 1. The first-order chi connectivity index (χ1) is 20.4. The summed E-state index contributed by atoms with van der Waals surface area (Å²) in [6.07, 6.45) is 0.789. The van der Waals surface area contributed by atoms with Gasteiger partial charge in [-0.15, -0.1) is 0 Å². The van der Waals surface area contributed by atoms with Crippen molar-refractivity contribution in [2.45, 2.75) is 34.3 Å². The summed E-state index contributed by atoms with van der Waals surface area (Å²) in [5.41, 5.74) is 1.14. The minimum absolute atomic E-state index is 0.0196. The van der Waals surface area contributed by atoms with Crippen LogP contribution in [0.15, 0.2) is 77.7 Å². The van der Waals surface area contributed by atoms with Crippen molar-refractivity contribution >= 4 is 77.1 Å². The summed E-state index contributed by atoms with van der Waals surface area (Å²) in [6.45, 7) is 1.21. The van der Waals surface area contributed by atoms with Crippen molar-refractivity contribution in [3.05, 3.63) is 94.5 Å². The average Bonchev–Trinajstić information content (AvgIpc) is 3.20. The molecule has 224 valence electrons. The third-order valence-electron chi connectivity index (χ3n) is 7.44. The summed E-state index contributed by atoms with van der Waals surface area (Å²) >= 11 is 13.1. The van der Waals surface area contributed by atoms with Gasteiger partial charge in [0.05, 0.1) is 11.8 Å². The number of hydrogen-bond acceptors (Lipinski definition) is 7. The normalized spacial score (nSPS) is 21.8. The second-order valence-electron chi connectivity index (χ2n) is 10.4. The number of rotatable bonds is 8. The Morgan fingerprint density at radius 2 is 1.37 bits per heavy atom. The highest BCUT2D eigenvalue weighted by atomic mass is 79.9. The maximum absolute atomic E-state index is 13.7. The molecule has 3 aromatic carbocycles. The zero-order valence-corrected chi connectivity index (χ0v) is 27.4. The Kier molecular flexibility index (Phi) is 9.12. The van der Waals surface area contributed by atoms with Crippen molar-refractivity contribution in [1.29, 1.82) is 0 Å². The van der Waals surface area contributed by atoms with Gasteiger partial charge in [0.15, 0.2) is 5.78 Å². The average molecular weight is 753 g/mol. The van der Waals surface area contributed by atoms with Crippen molar-refractivity contribution < 1.29 is 31.8 Å². The lowest BCUT2D eigenvalue weighted by molar-refractivity contribution is -0.154. The van der Waals surface area contributed by atoms with Crippen LogP contribution in [0.2, 0.25) is 5.02 Å². The molecule has 2 fully saturated rings. The van der Waals surface area contributed by atoms with Gasteiger partial charge in [0.1, 0.15) is 17.2 Å². The van der Waals surface area contributed by atoms with Crippen molar-refractivity contribution in [1.82, 2.24) is 10.0 Å². The highest BCUT2D eigenvalue weighted by molar-refractivity contribution is 9.12. The number of Topliss-reactive ketones (excluding diaryl/α,β-unsaturated/α-hetero) is 1. The third kappa shape index (κ3) is 6.57. The molecule has 1 saturated heterocycles. The van der Waals surface area contributed by atoms with E-state index in [0.717, 1.165) is 15.6 Å². The molecule has 13 heteroatoms. The predicted octanol–water partition coefficient (Wildman–Crippen LogP) is 5.58. The van der Waals surface area contributed by atoms with E-state index >= 15 is 0 Å². The highest BCUT2D eigenvalue weighted by Crippen LogP contribution is 2.43. The smallest absolute Gasteiger partial charge is 0.339 e. The van der Waals surface area contributed by atoms with Crippen LogP contribution in [-0.4, -0.2) is 58.1 Å². The zero-order chi connectivity index (χ0) is 31.1. The molecule has 43 heavy (non-hydrogen) atoms. The Hall–Kier alpha value is -3.06. The Morgan fingerprint density at radius 3 is 1.91 bits per heavy atom. The van der Waals surface area contributed by atoms with Gasteiger partial charge in [-0.2, -0.15) is 13.4 Å². The fourth-order valence-corrected chi connectivity index (χ4v) is 7.39. The number of benzene rings is 3. The lowest BCUT2D eigenvalue weighted by atomic mass is 9.81. The second kappa shape index (κ2) is 12.5. The van der Waals surface area contributed by atoms with E-state index in [2.05, 4.69) is 31.9 Å². The van der Waals surface area contributed by atoms with E-state index in [-0.39, 0.29) is 31.4 Å². The van der Waals surface area contributed by atoms with E-state index in [4.69, 9.17) is 15.8 Å². The summed E-state index contributed by atoms with van der Waals surface area (Å²) in [7, 11) is -4.10. The van der Waals surface area contributed by atoms with Gasteiger partial charge in [-0.1, -0.05) is 61.2 Å². The lowest BCUT2D eigenvalue weighted by Gasteiger charge is -2.30. The van der Waals surface area contributed by atoms with Gasteiger partial charge >= 0.3 is 10.1 Å². The Bertz CT molecular complexity index is 1650. The van der Waals surface area contributed by atoms with Gasteiger partial charge in [0.2, 0.25) is 0 Å². The van der Waals surface area contributed by atoms with Crippen LogP contribution in [0, 0.1) is 18.8 Å². The maximum Gasteiger partial charge on any atom is 0.339 e. The summed E-state index contributed by atoms with van der Waals surface area (Å²) in [5.74, 6) is -3.67. The molecular formula is C30H25Br2ClN2O7S. The predicted molar refractivity (Wildman–Crippen MR) is 166 cm³/mol. The topological polar surface area (TPSA) is 118 Å². The van der Waals surface area contributed by atoms with E-state index < -0.39 is 52.0 Å². The SMILES string of the molecule is Cc1ccc(S(=O)(=O)Oc2ccc(C(=O)CN(C(=O)c3ccc(Cl)cc3)N3C(=O)[C@@H]4C[C@H](Br)[C@@H](Br)C[C@H]4C3=O)cc2)cc1. The number of nitrogens with zero attached hydrogens (tertiary/aromatic N) is 2. The molecule has 0 spiro atoms. The number of amides is 3. The van der Waals surface area contributed by atoms with E-state index in [0.29, 0.717) is 17.9 Å². The molecule has 2 aliphatic rings. The molecule has 0 bridgehead atoms. The molecule has 3 aromatic rings. The zero-order valence-electron chi connectivity index (χ0n) is 22.7. The Morgan fingerprint density at radius 1 is 0.860 bits per heavy atom. The van der Waals surface area contributed by atoms with Gasteiger partial charge in [0.25, 0.3) is 17.7 Å². The van der Waals surface area contributed by atoms with Crippen molar-refractivity contribution in [2.24, 2.45) is 11.8 Å². The minimum Gasteiger partial charge on any atom is -0.379 e. The molecule has 1 saturated carbocycles. The number of fused-ring (bicyclic) bond motifs is 1. The van der Waals surface area contributed by atoms with Crippen LogP contribution in [0.25, 0.3) is 0 Å². The number of hydrogen-bond donors (Lipinski definition) is 0. The lowest BCUT2D eigenvalue weighted by Crippen LogP contribution is -2.52. The second-order valence-corrected chi connectivity index (χ2v) is 14.7. The van der Waals surface area contributed by atoms with Crippen molar-refractivity contribution in [2.75, 3.05) is 6.54 Å². The Balaban J connectivity index is 1.39. The fourth-order valence-electron chi connectivity index (χ4n) is 5.09. The molecule has 4 atom stereocenters. The number of ketones is 1. The fraction of sp³-hybridized carbons (Fsp3) is 0.267.